The quantitative estimate of drug-likeness (QED) is 0.706. The van der Waals surface area contributed by atoms with Crippen LogP contribution in [0.2, 0.25) is 0 Å². The van der Waals surface area contributed by atoms with Gasteiger partial charge < -0.3 is 28.4 Å². The van der Waals surface area contributed by atoms with Crippen LogP contribution in [0.15, 0.2) is 18.2 Å². The number of methoxy groups -OCH3 is 5. The van der Waals surface area contributed by atoms with Gasteiger partial charge in [-0.05, 0) is 12.1 Å². The highest BCUT2D eigenvalue weighted by molar-refractivity contribution is 6.18. The zero-order chi connectivity index (χ0) is 20.9. The lowest BCUT2D eigenvalue weighted by Crippen LogP contribution is -2.36. The van der Waals surface area contributed by atoms with E-state index in [4.69, 9.17) is 28.4 Å². The molecule has 2 aliphatic rings. The topological polar surface area (TPSA) is 92.8 Å². The van der Waals surface area contributed by atoms with Crippen molar-refractivity contribution in [2.75, 3.05) is 40.4 Å². The number of carbonyl (C=O) groups is 2. The third-order valence-corrected chi connectivity index (χ3v) is 4.99. The lowest BCUT2D eigenvalue weighted by Gasteiger charge is -2.33. The number of fused-ring (bicyclic) bond motifs is 5. The van der Waals surface area contributed by atoms with E-state index in [2.05, 4.69) is 0 Å². The summed E-state index contributed by atoms with van der Waals surface area (Å²) in [4.78, 5) is 27.6. The molecule has 0 aromatic heterocycles. The molecule has 0 spiro atoms. The number of hydrogen-bond donors (Lipinski definition) is 0. The van der Waals surface area contributed by atoms with Crippen molar-refractivity contribution in [2.24, 2.45) is 0 Å². The van der Waals surface area contributed by atoms with Crippen LogP contribution >= 0.6 is 0 Å². The third-order valence-electron chi connectivity index (χ3n) is 4.99. The molecule has 0 aliphatic carbocycles. The van der Waals surface area contributed by atoms with Crippen molar-refractivity contribution in [1.29, 1.82) is 0 Å². The van der Waals surface area contributed by atoms with Crippen LogP contribution in [0.3, 0.4) is 0 Å². The highest BCUT2D eigenvalue weighted by Gasteiger charge is 2.49. The molecule has 0 fully saturated rings. The van der Waals surface area contributed by atoms with Crippen molar-refractivity contribution in [3.05, 3.63) is 34.9 Å². The van der Waals surface area contributed by atoms with Crippen molar-refractivity contribution in [3.8, 4) is 28.7 Å². The second-order valence-electron chi connectivity index (χ2n) is 6.24. The van der Waals surface area contributed by atoms with Gasteiger partial charge in [-0.25, -0.2) is 4.79 Å². The minimum Gasteiger partial charge on any atom is -0.493 e. The number of benzene rings is 2. The number of amides is 1. The van der Waals surface area contributed by atoms with E-state index >= 15 is 0 Å². The first-order valence-corrected chi connectivity index (χ1v) is 8.64. The largest absolute Gasteiger partial charge is 0.493 e. The van der Waals surface area contributed by atoms with Crippen molar-refractivity contribution >= 4 is 17.6 Å². The summed E-state index contributed by atoms with van der Waals surface area (Å²) < 4.78 is 32.6. The molecule has 0 saturated carbocycles. The molecule has 9 heteroatoms. The molecule has 2 heterocycles. The maximum Gasteiger partial charge on any atom is 0.342 e. The molecule has 1 amide bonds. The van der Waals surface area contributed by atoms with Gasteiger partial charge >= 0.3 is 5.97 Å². The smallest absolute Gasteiger partial charge is 0.342 e. The Hall–Kier alpha value is -3.62. The highest BCUT2D eigenvalue weighted by Crippen LogP contribution is 2.55. The Morgan fingerprint density at radius 2 is 1.48 bits per heavy atom. The fourth-order valence-corrected chi connectivity index (χ4v) is 3.77. The molecule has 9 nitrogen and oxygen atoms in total. The number of rotatable bonds is 5. The molecule has 0 saturated heterocycles. The highest BCUT2D eigenvalue weighted by atomic mass is 16.6. The molecule has 2 aromatic carbocycles. The SMILES string of the molecule is COc1cc2c(c(OC)c1OC)N1C(=O)c3c(ccc(OC)c3OC)C1OC2=O. The lowest BCUT2D eigenvalue weighted by molar-refractivity contribution is 0.0270. The Morgan fingerprint density at radius 3 is 2.07 bits per heavy atom. The van der Waals surface area contributed by atoms with Gasteiger partial charge in [0.15, 0.2) is 23.0 Å². The van der Waals surface area contributed by atoms with E-state index in [-0.39, 0.29) is 39.8 Å². The monoisotopic (exact) mass is 401 g/mol. The average molecular weight is 401 g/mol. The first-order valence-electron chi connectivity index (χ1n) is 8.64. The molecule has 1 unspecified atom stereocenters. The first-order chi connectivity index (χ1) is 14.0. The van der Waals surface area contributed by atoms with Crippen LogP contribution in [0, 0.1) is 0 Å². The standard InChI is InChI=1S/C20H19NO8/c1-24-11-7-6-9-13(15(11)26-3)18(22)21-14-10(20(23)29-19(9)21)8-12(25-2)16(27-4)17(14)28-5/h6-8,19H,1-5H3. The number of nitrogens with zero attached hydrogens (tertiary/aromatic N) is 1. The zero-order valence-corrected chi connectivity index (χ0v) is 16.5. The van der Waals surface area contributed by atoms with Crippen LogP contribution in [0.1, 0.15) is 32.5 Å². The van der Waals surface area contributed by atoms with Crippen molar-refractivity contribution in [1.82, 2.24) is 0 Å². The summed E-state index contributed by atoms with van der Waals surface area (Å²) in [6.07, 6.45) is -0.968. The molecular formula is C20H19NO8. The van der Waals surface area contributed by atoms with Crippen molar-refractivity contribution < 1.29 is 38.0 Å². The number of esters is 1. The number of carbonyl (C=O) groups excluding carboxylic acids is 2. The first kappa shape index (κ1) is 18.7. The zero-order valence-electron chi connectivity index (χ0n) is 16.5. The van der Waals surface area contributed by atoms with Crippen LogP contribution in [-0.4, -0.2) is 47.4 Å². The Labute approximate surface area is 166 Å². The van der Waals surface area contributed by atoms with E-state index in [9.17, 15) is 9.59 Å². The van der Waals surface area contributed by atoms with Gasteiger partial charge in [0.05, 0.1) is 46.7 Å². The van der Waals surface area contributed by atoms with E-state index in [0.717, 1.165) is 0 Å². The van der Waals surface area contributed by atoms with E-state index in [1.165, 1.54) is 46.5 Å². The summed E-state index contributed by atoms with van der Waals surface area (Å²) in [5, 5.41) is 0. The molecular weight excluding hydrogens is 382 g/mol. The van der Waals surface area contributed by atoms with Gasteiger partial charge in [0, 0.05) is 11.6 Å². The van der Waals surface area contributed by atoms with E-state index in [1.807, 2.05) is 0 Å². The van der Waals surface area contributed by atoms with Crippen molar-refractivity contribution in [3.63, 3.8) is 0 Å². The van der Waals surface area contributed by atoms with Crippen LogP contribution < -0.4 is 28.6 Å². The van der Waals surface area contributed by atoms with Crippen LogP contribution in [0.25, 0.3) is 0 Å². The van der Waals surface area contributed by atoms with Gasteiger partial charge in [0.1, 0.15) is 5.69 Å². The Morgan fingerprint density at radius 1 is 0.828 bits per heavy atom. The summed E-state index contributed by atoms with van der Waals surface area (Å²) in [6.45, 7) is 0. The lowest BCUT2D eigenvalue weighted by atomic mass is 10.1. The summed E-state index contributed by atoms with van der Waals surface area (Å²) in [5.41, 5.74) is 1.12. The molecule has 152 valence electrons. The normalized spacial score (nSPS) is 16.4. The number of ether oxygens (including phenoxy) is 6. The molecule has 0 N–H and O–H groups in total. The van der Waals surface area contributed by atoms with Gasteiger partial charge in [-0.2, -0.15) is 0 Å². The molecule has 0 radical (unpaired) electrons. The average Bonchev–Trinajstić information content (AvgIpc) is 3.03. The summed E-state index contributed by atoms with van der Waals surface area (Å²) >= 11 is 0. The predicted molar refractivity (Wildman–Crippen MR) is 101 cm³/mol. The molecule has 1 atom stereocenters. The Kier molecular flexibility index (Phi) is 4.37. The maximum atomic E-state index is 13.4. The molecule has 0 bridgehead atoms. The van der Waals surface area contributed by atoms with E-state index in [1.54, 1.807) is 12.1 Å². The number of hydrogen-bond acceptors (Lipinski definition) is 8. The van der Waals surface area contributed by atoms with Gasteiger partial charge in [0.2, 0.25) is 12.0 Å². The van der Waals surface area contributed by atoms with Gasteiger partial charge in [0.25, 0.3) is 5.91 Å². The molecule has 2 aromatic rings. The maximum absolute atomic E-state index is 13.4. The molecule has 2 aliphatic heterocycles. The fraction of sp³-hybridized carbons (Fsp3) is 0.300. The van der Waals surface area contributed by atoms with E-state index in [0.29, 0.717) is 11.3 Å². The van der Waals surface area contributed by atoms with Crippen molar-refractivity contribution in [2.45, 2.75) is 6.23 Å². The molecule has 4 rings (SSSR count). The van der Waals surface area contributed by atoms with Gasteiger partial charge in [-0.1, -0.05) is 0 Å². The summed E-state index contributed by atoms with van der Waals surface area (Å²) in [7, 11) is 7.22. The number of anilines is 1. The Balaban J connectivity index is 2.00. The van der Waals surface area contributed by atoms with Gasteiger partial charge in [-0.15, -0.1) is 0 Å². The van der Waals surface area contributed by atoms with Crippen LogP contribution in [-0.2, 0) is 4.74 Å². The minimum atomic E-state index is -0.968. The predicted octanol–water partition coefficient (Wildman–Crippen LogP) is 2.56. The van der Waals surface area contributed by atoms with Crippen LogP contribution in [0.5, 0.6) is 28.7 Å². The second-order valence-corrected chi connectivity index (χ2v) is 6.24. The van der Waals surface area contributed by atoms with E-state index < -0.39 is 18.1 Å². The summed E-state index contributed by atoms with van der Waals surface area (Å²) in [5.74, 6) is 0.357. The molecule has 29 heavy (non-hydrogen) atoms. The van der Waals surface area contributed by atoms with Gasteiger partial charge in [-0.3, -0.25) is 9.69 Å². The fourth-order valence-electron chi connectivity index (χ4n) is 3.77. The Bertz CT molecular complexity index is 1030. The minimum absolute atomic E-state index is 0.128. The van der Waals surface area contributed by atoms with Crippen LogP contribution in [0.4, 0.5) is 5.69 Å². The summed E-state index contributed by atoms with van der Waals surface area (Å²) in [6, 6.07) is 4.79. The second kappa shape index (κ2) is 6.77. The third kappa shape index (κ3) is 2.40.